The van der Waals surface area contributed by atoms with Gasteiger partial charge in [-0.1, -0.05) is 29.8 Å². The van der Waals surface area contributed by atoms with E-state index in [4.69, 9.17) is 5.73 Å². The molecular weight excluding hydrogens is 148 g/mol. The van der Waals surface area contributed by atoms with E-state index < -0.39 is 0 Å². The first-order valence-electron chi connectivity index (χ1n) is 4.22. The maximum absolute atomic E-state index is 5.59. The topological polar surface area (TPSA) is 38.0 Å². The second-order valence-corrected chi connectivity index (χ2v) is 2.99. The Morgan fingerprint density at radius 2 is 1.92 bits per heavy atom. The van der Waals surface area contributed by atoms with Crippen molar-refractivity contribution in [3.8, 4) is 0 Å². The van der Waals surface area contributed by atoms with Crippen LogP contribution >= 0.6 is 0 Å². The van der Waals surface area contributed by atoms with E-state index in [1.54, 1.807) is 0 Å². The Bertz CT molecular complexity index is 224. The van der Waals surface area contributed by atoms with Crippen molar-refractivity contribution in [2.45, 2.75) is 13.0 Å². The summed E-state index contributed by atoms with van der Waals surface area (Å²) in [7, 11) is 1.93. The molecule has 1 aromatic carbocycles. The molecule has 0 heterocycles. The third-order valence-corrected chi connectivity index (χ3v) is 2.06. The van der Waals surface area contributed by atoms with Crippen LogP contribution in [0, 0.1) is 6.92 Å². The highest BCUT2D eigenvalue weighted by Gasteiger charge is 2.04. The van der Waals surface area contributed by atoms with E-state index in [9.17, 15) is 0 Å². The summed E-state index contributed by atoms with van der Waals surface area (Å²) in [6.07, 6.45) is 0. The van der Waals surface area contributed by atoms with Gasteiger partial charge in [0.05, 0.1) is 0 Å². The first-order valence-corrected chi connectivity index (χ1v) is 4.22. The number of nitrogens with one attached hydrogen (secondary N) is 1. The van der Waals surface area contributed by atoms with Gasteiger partial charge < -0.3 is 11.1 Å². The van der Waals surface area contributed by atoms with Gasteiger partial charge >= 0.3 is 0 Å². The molecule has 12 heavy (non-hydrogen) atoms. The molecule has 0 spiro atoms. The van der Waals surface area contributed by atoms with Crippen molar-refractivity contribution in [3.63, 3.8) is 0 Å². The van der Waals surface area contributed by atoms with Crippen LogP contribution in [0.4, 0.5) is 0 Å². The number of likely N-dealkylation sites (N-methyl/N-ethyl adjacent to an activating group) is 1. The largest absolute Gasteiger partial charge is 0.329 e. The van der Waals surface area contributed by atoms with E-state index >= 15 is 0 Å². The number of hydrogen-bond acceptors (Lipinski definition) is 2. The van der Waals surface area contributed by atoms with Gasteiger partial charge in [-0.2, -0.15) is 0 Å². The fraction of sp³-hybridized carbons (Fsp3) is 0.400. The maximum atomic E-state index is 5.59. The van der Waals surface area contributed by atoms with Crippen LogP contribution in [0.1, 0.15) is 17.2 Å². The molecule has 1 rings (SSSR count). The predicted molar refractivity (Wildman–Crippen MR) is 52.0 cm³/mol. The fourth-order valence-corrected chi connectivity index (χ4v) is 1.22. The zero-order chi connectivity index (χ0) is 8.97. The van der Waals surface area contributed by atoms with Gasteiger partial charge in [0.1, 0.15) is 0 Å². The van der Waals surface area contributed by atoms with Crippen LogP contribution in [0.25, 0.3) is 0 Å². The smallest absolute Gasteiger partial charge is 0.0442 e. The van der Waals surface area contributed by atoms with Crippen LogP contribution in [-0.4, -0.2) is 13.6 Å². The summed E-state index contributed by atoms with van der Waals surface area (Å²) in [4.78, 5) is 0. The number of rotatable bonds is 3. The molecule has 0 amide bonds. The third kappa shape index (κ3) is 2.06. The molecule has 1 atom stereocenters. The average Bonchev–Trinajstić information content (AvgIpc) is 2.10. The summed E-state index contributed by atoms with van der Waals surface area (Å²) in [6.45, 7) is 2.72. The van der Waals surface area contributed by atoms with Gasteiger partial charge in [-0.25, -0.2) is 0 Å². The number of hydrogen-bond donors (Lipinski definition) is 2. The molecule has 0 radical (unpaired) electrons. The van der Waals surface area contributed by atoms with Gasteiger partial charge in [-0.15, -0.1) is 0 Å². The Balaban J connectivity index is 2.80. The van der Waals surface area contributed by atoms with E-state index in [1.807, 2.05) is 7.05 Å². The monoisotopic (exact) mass is 164 g/mol. The molecule has 2 heteroatoms. The zero-order valence-corrected chi connectivity index (χ0v) is 7.67. The van der Waals surface area contributed by atoms with Gasteiger partial charge in [0.25, 0.3) is 0 Å². The minimum Gasteiger partial charge on any atom is -0.329 e. The van der Waals surface area contributed by atoms with Gasteiger partial charge in [0, 0.05) is 12.6 Å². The molecule has 3 N–H and O–H groups in total. The normalized spacial score (nSPS) is 12.9. The zero-order valence-electron chi connectivity index (χ0n) is 7.67. The molecule has 0 aromatic heterocycles. The Hall–Kier alpha value is -0.860. The summed E-state index contributed by atoms with van der Waals surface area (Å²) in [5.74, 6) is 0. The van der Waals surface area contributed by atoms with Crippen molar-refractivity contribution in [3.05, 3.63) is 35.4 Å². The van der Waals surface area contributed by atoms with Crippen molar-refractivity contribution in [2.75, 3.05) is 13.6 Å². The van der Waals surface area contributed by atoms with Gasteiger partial charge in [0.2, 0.25) is 0 Å². The lowest BCUT2D eigenvalue weighted by molar-refractivity contribution is 0.605. The van der Waals surface area contributed by atoms with Gasteiger partial charge in [-0.05, 0) is 19.5 Å². The Labute approximate surface area is 73.8 Å². The summed E-state index contributed by atoms with van der Waals surface area (Å²) >= 11 is 0. The highest BCUT2D eigenvalue weighted by atomic mass is 14.9. The molecule has 0 unspecified atom stereocenters. The first-order chi connectivity index (χ1) is 5.77. The fourth-order valence-electron chi connectivity index (χ4n) is 1.22. The van der Waals surface area contributed by atoms with Gasteiger partial charge in [0.15, 0.2) is 0 Å². The lowest BCUT2D eigenvalue weighted by Crippen LogP contribution is -2.24. The molecule has 66 valence electrons. The van der Waals surface area contributed by atoms with Crippen molar-refractivity contribution in [1.29, 1.82) is 0 Å². The second-order valence-electron chi connectivity index (χ2n) is 2.99. The number of benzene rings is 1. The Morgan fingerprint density at radius 3 is 2.33 bits per heavy atom. The van der Waals surface area contributed by atoms with Crippen LogP contribution in [-0.2, 0) is 0 Å². The molecular formula is C10H16N2. The number of nitrogens with two attached hydrogens (primary N) is 1. The Kier molecular flexibility index (Phi) is 3.26. The quantitative estimate of drug-likeness (QED) is 0.704. The summed E-state index contributed by atoms with van der Waals surface area (Å²) in [5.41, 5.74) is 8.13. The lowest BCUT2D eigenvalue weighted by Gasteiger charge is -2.13. The highest BCUT2D eigenvalue weighted by Crippen LogP contribution is 2.11. The minimum absolute atomic E-state index is 0.283. The average molecular weight is 164 g/mol. The van der Waals surface area contributed by atoms with E-state index in [0.717, 1.165) is 0 Å². The standard InChI is InChI=1S/C10H16N2/c1-8-3-5-9(6-4-8)10(7-11)12-2/h3-6,10,12H,7,11H2,1-2H3/t10-/m1/s1. The molecule has 0 bridgehead atoms. The van der Waals surface area contributed by atoms with E-state index in [0.29, 0.717) is 6.54 Å². The molecule has 1 aromatic rings. The summed E-state index contributed by atoms with van der Waals surface area (Å²) in [6, 6.07) is 8.72. The minimum atomic E-state index is 0.283. The van der Waals surface area contributed by atoms with Crippen LogP contribution in [0.15, 0.2) is 24.3 Å². The molecule has 0 saturated carbocycles. The van der Waals surface area contributed by atoms with Crippen molar-refractivity contribution >= 4 is 0 Å². The van der Waals surface area contributed by atoms with Crippen molar-refractivity contribution in [1.82, 2.24) is 5.32 Å². The third-order valence-electron chi connectivity index (χ3n) is 2.06. The molecule has 0 aliphatic heterocycles. The summed E-state index contributed by atoms with van der Waals surface area (Å²) in [5, 5.41) is 3.16. The van der Waals surface area contributed by atoms with Crippen LogP contribution < -0.4 is 11.1 Å². The van der Waals surface area contributed by atoms with E-state index in [1.165, 1.54) is 11.1 Å². The van der Waals surface area contributed by atoms with Gasteiger partial charge in [-0.3, -0.25) is 0 Å². The molecule has 0 saturated heterocycles. The van der Waals surface area contributed by atoms with Crippen molar-refractivity contribution < 1.29 is 0 Å². The Morgan fingerprint density at radius 1 is 1.33 bits per heavy atom. The molecule has 0 fully saturated rings. The molecule has 0 aliphatic carbocycles. The van der Waals surface area contributed by atoms with Crippen molar-refractivity contribution in [2.24, 2.45) is 5.73 Å². The highest BCUT2D eigenvalue weighted by molar-refractivity contribution is 5.24. The van der Waals surface area contributed by atoms with Crippen LogP contribution in [0.3, 0.4) is 0 Å². The lowest BCUT2D eigenvalue weighted by atomic mass is 10.1. The van der Waals surface area contributed by atoms with E-state index in [2.05, 4.69) is 36.5 Å². The van der Waals surface area contributed by atoms with E-state index in [-0.39, 0.29) is 6.04 Å². The van der Waals surface area contributed by atoms with Crippen LogP contribution in [0.2, 0.25) is 0 Å². The predicted octanol–water partition coefficient (Wildman–Crippen LogP) is 1.21. The molecule has 2 nitrogen and oxygen atoms in total. The summed E-state index contributed by atoms with van der Waals surface area (Å²) < 4.78 is 0. The maximum Gasteiger partial charge on any atom is 0.0442 e. The number of aryl methyl sites for hydroxylation is 1. The molecule has 0 aliphatic rings. The second kappa shape index (κ2) is 4.24. The van der Waals surface area contributed by atoms with Crippen LogP contribution in [0.5, 0.6) is 0 Å². The SMILES string of the molecule is CN[C@H](CN)c1ccc(C)cc1. The first kappa shape index (κ1) is 9.23.